The molecule has 2 heterocycles. The zero-order valence-electron chi connectivity index (χ0n) is 13.2. The van der Waals surface area contributed by atoms with E-state index in [1.54, 1.807) is 24.3 Å². The summed E-state index contributed by atoms with van der Waals surface area (Å²) in [5.41, 5.74) is 1.23. The zero-order valence-corrected chi connectivity index (χ0v) is 14.1. The van der Waals surface area contributed by atoms with Crippen molar-refractivity contribution in [3.63, 3.8) is 0 Å². The Morgan fingerprint density at radius 2 is 2.08 bits per heavy atom. The topological polar surface area (TPSA) is 103 Å². The molecular formula is C15H11F3N6OS. The van der Waals surface area contributed by atoms with Gasteiger partial charge in [0.25, 0.3) is 0 Å². The van der Waals surface area contributed by atoms with Crippen molar-refractivity contribution in [2.75, 3.05) is 5.75 Å². The minimum absolute atomic E-state index is 0.0363. The molecule has 0 aliphatic heterocycles. The fraction of sp³-hybridized carbons (Fsp3) is 0.200. The Bertz CT molecular complexity index is 997. The third kappa shape index (κ3) is 3.36. The maximum Gasteiger partial charge on any atom is 0.451 e. The van der Waals surface area contributed by atoms with Crippen LogP contribution in [0.1, 0.15) is 11.6 Å². The van der Waals surface area contributed by atoms with E-state index in [1.807, 2.05) is 6.07 Å². The molecule has 0 fully saturated rings. The Kier molecular flexibility index (Phi) is 4.60. The zero-order chi connectivity index (χ0) is 18.9. The van der Waals surface area contributed by atoms with Crippen LogP contribution in [0.5, 0.6) is 0 Å². The van der Waals surface area contributed by atoms with E-state index in [2.05, 4.69) is 20.2 Å². The summed E-state index contributed by atoms with van der Waals surface area (Å²) >= 11 is 0.826. The molecule has 0 bridgehead atoms. The third-order valence-corrected chi connectivity index (χ3v) is 4.48. The fourth-order valence-electron chi connectivity index (χ4n) is 2.22. The fourth-order valence-corrected chi connectivity index (χ4v) is 3.01. The van der Waals surface area contributed by atoms with Crippen LogP contribution in [-0.4, -0.2) is 35.6 Å². The average molecular weight is 380 g/mol. The van der Waals surface area contributed by atoms with E-state index in [1.165, 1.54) is 7.05 Å². The van der Waals surface area contributed by atoms with E-state index < -0.39 is 12.0 Å². The van der Waals surface area contributed by atoms with Gasteiger partial charge in [-0.05, 0) is 12.1 Å². The molecule has 0 saturated heterocycles. The second-order valence-corrected chi connectivity index (χ2v) is 6.13. The van der Waals surface area contributed by atoms with Gasteiger partial charge in [0, 0.05) is 7.05 Å². The number of para-hydroxylation sites is 2. The maximum absolute atomic E-state index is 12.7. The van der Waals surface area contributed by atoms with Crippen molar-refractivity contribution in [3.8, 4) is 6.07 Å². The lowest BCUT2D eigenvalue weighted by Gasteiger charge is -2.06. The normalized spacial score (nSPS) is 12.9. The minimum atomic E-state index is -4.62. The molecule has 2 aromatic heterocycles. The van der Waals surface area contributed by atoms with Crippen LogP contribution in [0.15, 0.2) is 35.2 Å². The molecular weight excluding hydrogens is 369 g/mol. The van der Waals surface area contributed by atoms with Crippen molar-refractivity contribution >= 4 is 28.4 Å². The molecule has 1 aromatic carbocycles. The van der Waals surface area contributed by atoms with Crippen LogP contribution in [0.3, 0.4) is 0 Å². The Labute approximate surface area is 149 Å². The van der Waals surface area contributed by atoms with Gasteiger partial charge in [-0.1, -0.05) is 23.9 Å². The Balaban J connectivity index is 1.84. The van der Waals surface area contributed by atoms with Crippen LogP contribution in [-0.2, 0) is 13.2 Å². The van der Waals surface area contributed by atoms with Crippen LogP contribution in [0.2, 0.25) is 0 Å². The highest BCUT2D eigenvalue weighted by Gasteiger charge is 2.37. The number of alkyl halides is 3. The van der Waals surface area contributed by atoms with Crippen LogP contribution >= 0.6 is 11.8 Å². The predicted octanol–water partition coefficient (Wildman–Crippen LogP) is 3.30. The van der Waals surface area contributed by atoms with Gasteiger partial charge >= 0.3 is 6.18 Å². The van der Waals surface area contributed by atoms with Gasteiger partial charge in [0.15, 0.2) is 11.0 Å². The molecule has 0 saturated carbocycles. The number of aromatic nitrogens is 5. The quantitative estimate of drug-likeness (QED) is 0.409. The molecule has 3 aromatic rings. The molecule has 0 unspecified atom stereocenters. The second-order valence-electron chi connectivity index (χ2n) is 5.19. The first kappa shape index (κ1) is 17.8. The molecule has 26 heavy (non-hydrogen) atoms. The lowest BCUT2D eigenvalue weighted by molar-refractivity contribution is -0.147. The van der Waals surface area contributed by atoms with E-state index >= 15 is 0 Å². The molecule has 3 rings (SSSR count). The van der Waals surface area contributed by atoms with Gasteiger partial charge in [-0.2, -0.15) is 18.4 Å². The molecule has 0 aliphatic carbocycles. The van der Waals surface area contributed by atoms with Gasteiger partial charge in [0.2, 0.25) is 5.82 Å². The van der Waals surface area contributed by atoms with E-state index in [0.717, 1.165) is 16.3 Å². The standard InChI is InChI=1S/C15H11F3N6OS/c1-24-13(15(16,17)18)22-23-14(24)26-7-11(25)8(6-19)12-20-9-4-2-3-5-10(9)21-12/h2-5,25H,7H2,1H3,(H,20,21)/b11-8-. The molecule has 0 aliphatic rings. The molecule has 0 atom stereocenters. The number of hydrogen-bond donors (Lipinski definition) is 2. The number of aliphatic hydroxyl groups excluding tert-OH is 1. The summed E-state index contributed by atoms with van der Waals surface area (Å²) in [6.07, 6.45) is -4.62. The van der Waals surface area contributed by atoms with E-state index in [0.29, 0.717) is 11.0 Å². The first-order valence-corrected chi connectivity index (χ1v) is 8.16. The molecule has 7 nitrogen and oxygen atoms in total. The van der Waals surface area contributed by atoms with E-state index in [9.17, 15) is 23.5 Å². The average Bonchev–Trinajstić information content (AvgIpc) is 3.16. The molecule has 11 heteroatoms. The number of halogens is 3. The number of fused-ring (bicyclic) bond motifs is 1. The van der Waals surface area contributed by atoms with Gasteiger partial charge in [0.05, 0.1) is 16.8 Å². The number of rotatable bonds is 4. The van der Waals surface area contributed by atoms with Gasteiger partial charge in [-0.15, -0.1) is 10.2 Å². The molecule has 0 amide bonds. The van der Waals surface area contributed by atoms with Crippen molar-refractivity contribution in [2.24, 2.45) is 7.05 Å². The smallest absolute Gasteiger partial charge is 0.451 e. The first-order valence-electron chi connectivity index (χ1n) is 7.18. The molecule has 2 N–H and O–H groups in total. The minimum Gasteiger partial charge on any atom is -0.510 e. The number of hydrogen-bond acceptors (Lipinski definition) is 6. The first-order chi connectivity index (χ1) is 12.3. The van der Waals surface area contributed by atoms with Crippen LogP contribution in [0, 0.1) is 11.3 Å². The number of thioether (sulfide) groups is 1. The molecule has 134 valence electrons. The number of allylic oxidation sites excluding steroid dienone is 1. The summed E-state index contributed by atoms with van der Waals surface area (Å²) in [4.78, 5) is 7.15. The lowest BCUT2D eigenvalue weighted by atomic mass is 10.2. The van der Waals surface area contributed by atoms with Crippen LogP contribution in [0.25, 0.3) is 16.6 Å². The number of H-pyrrole nitrogens is 1. The summed E-state index contributed by atoms with van der Waals surface area (Å²) < 4.78 is 38.9. The van der Waals surface area contributed by atoms with Crippen molar-refractivity contribution in [3.05, 3.63) is 41.7 Å². The summed E-state index contributed by atoms with van der Waals surface area (Å²) in [7, 11) is 1.18. The van der Waals surface area contributed by atoms with Gasteiger partial charge in [0.1, 0.15) is 17.4 Å². The summed E-state index contributed by atoms with van der Waals surface area (Å²) in [6, 6.07) is 8.95. The van der Waals surface area contributed by atoms with Crippen molar-refractivity contribution in [1.29, 1.82) is 5.26 Å². The van der Waals surface area contributed by atoms with Crippen LogP contribution < -0.4 is 0 Å². The number of nitrogens with one attached hydrogen (secondary N) is 1. The van der Waals surface area contributed by atoms with Crippen molar-refractivity contribution in [1.82, 2.24) is 24.7 Å². The van der Waals surface area contributed by atoms with Gasteiger partial charge in [-0.25, -0.2) is 4.98 Å². The summed E-state index contributed by atoms with van der Waals surface area (Å²) in [5.74, 6) is -1.45. The highest BCUT2D eigenvalue weighted by molar-refractivity contribution is 7.99. The summed E-state index contributed by atoms with van der Waals surface area (Å²) in [6.45, 7) is 0. The third-order valence-electron chi connectivity index (χ3n) is 3.45. The summed E-state index contributed by atoms with van der Waals surface area (Å²) in [5, 5.41) is 26.1. The number of nitrogens with zero attached hydrogens (tertiary/aromatic N) is 5. The SMILES string of the molecule is Cn1c(SC/C(O)=C(\C#N)c2nc3ccccc3[nH]2)nnc1C(F)(F)F. The second kappa shape index (κ2) is 6.72. The van der Waals surface area contributed by atoms with Gasteiger partial charge in [-0.3, -0.25) is 0 Å². The maximum atomic E-state index is 12.7. The van der Waals surface area contributed by atoms with Crippen molar-refractivity contribution < 1.29 is 18.3 Å². The van der Waals surface area contributed by atoms with Gasteiger partial charge < -0.3 is 14.7 Å². The Hall–Kier alpha value is -3.00. The number of benzene rings is 1. The number of aliphatic hydroxyl groups is 1. The highest BCUT2D eigenvalue weighted by atomic mass is 32.2. The highest BCUT2D eigenvalue weighted by Crippen LogP contribution is 2.30. The Morgan fingerprint density at radius 3 is 2.69 bits per heavy atom. The molecule has 0 radical (unpaired) electrons. The van der Waals surface area contributed by atoms with Crippen LogP contribution in [0.4, 0.5) is 13.2 Å². The lowest BCUT2D eigenvalue weighted by Crippen LogP contribution is -2.13. The number of nitriles is 1. The van der Waals surface area contributed by atoms with E-state index in [-0.39, 0.29) is 28.1 Å². The largest absolute Gasteiger partial charge is 0.510 e. The number of aromatic amines is 1. The van der Waals surface area contributed by atoms with Crippen molar-refractivity contribution in [2.45, 2.75) is 11.3 Å². The molecule has 0 spiro atoms. The predicted molar refractivity (Wildman–Crippen MR) is 88.0 cm³/mol. The number of imidazole rings is 1. The Morgan fingerprint density at radius 1 is 1.35 bits per heavy atom. The monoisotopic (exact) mass is 380 g/mol. The van der Waals surface area contributed by atoms with E-state index in [4.69, 9.17) is 0 Å².